The highest BCUT2D eigenvalue weighted by Crippen LogP contribution is 2.37. The molecule has 5 aromatic rings. The van der Waals surface area contributed by atoms with E-state index in [1.165, 1.54) is 17.1 Å². The molecule has 36 heavy (non-hydrogen) atoms. The molecule has 0 N–H and O–H groups in total. The molecule has 0 aliphatic rings. The highest BCUT2D eigenvalue weighted by atomic mass is 35.5. The van der Waals surface area contributed by atoms with Crippen molar-refractivity contribution in [1.82, 2.24) is 14.6 Å². The number of halogens is 4. The standard InChI is InChI=1S/C26H16ClF3N4OS/c27-20-14-8-7-13-19(20)23-21(34-25(31-23)36-24(32-34)26(28,29)30)15-16-22(35)33(17-9-3-1-4-10-17)18-11-5-2-6-12-18/h1-16H/b16-15+. The van der Waals surface area contributed by atoms with Crippen molar-refractivity contribution in [1.29, 1.82) is 0 Å². The summed E-state index contributed by atoms with van der Waals surface area (Å²) in [6, 6.07) is 24.9. The number of carbonyl (C=O) groups is 1. The van der Waals surface area contributed by atoms with E-state index in [1.807, 2.05) is 36.4 Å². The van der Waals surface area contributed by atoms with Gasteiger partial charge in [0.05, 0.1) is 10.7 Å². The lowest BCUT2D eigenvalue weighted by atomic mass is 10.1. The number of para-hydroxylation sites is 2. The van der Waals surface area contributed by atoms with Crippen molar-refractivity contribution in [2.45, 2.75) is 6.18 Å². The predicted octanol–water partition coefficient (Wildman–Crippen LogP) is 7.51. The molecule has 0 aliphatic heterocycles. The highest BCUT2D eigenvalue weighted by Gasteiger charge is 2.36. The Morgan fingerprint density at radius 3 is 2.08 bits per heavy atom. The number of aromatic nitrogens is 3. The van der Waals surface area contributed by atoms with Gasteiger partial charge in [0.15, 0.2) is 0 Å². The third kappa shape index (κ3) is 4.62. The van der Waals surface area contributed by atoms with Crippen LogP contribution >= 0.6 is 22.9 Å². The summed E-state index contributed by atoms with van der Waals surface area (Å²) in [6.07, 6.45) is -1.92. The Bertz CT molecular complexity index is 1520. The van der Waals surface area contributed by atoms with Gasteiger partial charge in [0, 0.05) is 23.0 Å². The fourth-order valence-corrected chi connectivity index (χ4v) is 4.66. The lowest BCUT2D eigenvalue weighted by Crippen LogP contribution is -2.23. The van der Waals surface area contributed by atoms with Gasteiger partial charge in [0.2, 0.25) is 9.97 Å². The number of rotatable bonds is 5. The predicted molar refractivity (Wildman–Crippen MR) is 135 cm³/mol. The van der Waals surface area contributed by atoms with Gasteiger partial charge in [-0.1, -0.05) is 77.5 Å². The van der Waals surface area contributed by atoms with Crippen molar-refractivity contribution in [2.75, 3.05) is 4.90 Å². The summed E-state index contributed by atoms with van der Waals surface area (Å²) >= 11 is 6.77. The van der Waals surface area contributed by atoms with Crippen molar-refractivity contribution in [3.8, 4) is 11.3 Å². The Balaban J connectivity index is 1.62. The molecule has 10 heteroatoms. The summed E-state index contributed by atoms with van der Waals surface area (Å²) in [7, 11) is 0. The number of carbonyl (C=O) groups excluding carboxylic acids is 1. The van der Waals surface area contributed by atoms with Gasteiger partial charge < -0.3 is 0 Å². The van der Waals surface area contributed by atoms with Gasteiger partial charge in [0.1, 0.15) is 5.69 Å². The Labute approximate surface area is 212 Å². The van der Waals surface area contributed by atoms with Gasteiger partial charge >= 0.3 is 6.18 Å². The maximum Gasteiger partial charge on any atom is 0.445 e. The molecule has 5 nitrogen and oxygen atoms in total. The Morgan fingerprint density at radius 1 is 0.917 bits per heavy atom. The van der Waals surface area contributed by atoms with Crippen LogP contribution < -0.4 is 4.90 Å². The smallest absolute Gasteiger partial charge is 0.278 e. The van der Waals surface area contributed by atoms with Gasteiger partial charge in [-0.3, -0.25) is 9.69 Å². The molecule has 5 rings (SSSR count). The van der Waals surface area contributed by atoms with E-state index >= 15 is 0 Å². The molecule has 0 atom stereocenters. The van der Waals surface area contributed by atoms with Crippen molar-refractivity contribution < 1.29 is 18.0 Å². The molecule has 180 valence electrons. The second-order valence-corrected chi connectivity index (χ2v) is 8.97. The molecule has 3 aromatic carbocycles. The normalized spacial score (nSPS) is 11.9. The number of nitrogens with zero attached hydrogens (tertiary/aromatic N) is 4. The minimum absolute atomic E-state index is 0.0346. The van der Waals surface area contributed by atoms with Crippen molar-refractivity contribution in [3.63, 3.8) is 0 Å². The van der Waals surface area contributed by atoms with E-state index in [2.05, 4.69) is 10.1 Å². The molecule has 2 aromatic heterocycles. The summed E-state index contributed by atoms with van der Waals surface area (Å²) in [5, 5.41) is 3.06. The fourth-order valence-electron chi connectivity index (χ4n) is 3.66. The van der Waals surface area contributed by atoms with Crippen molar-refractivity contribution >= 4 is 51.3 Å². The zero-order valence-corrected chi connectivity index (χ0v) is 19.9. The summed E-state index contributed by atoms with van der Waals surface area (Å²) in [5.74, 6) is -0.404. The molecule has 0 saturated heterocycles. The number of imidazole rings is 1. The number of fused-ring (bicyclic) bond motifs is 1. The first kappa shape index (κ1) is 23.8. The van der Waals surface area contributed by atoms with E-state index < -0.39 is 17.1 Å². The zero-order valence-electron chi connectivity index (χ0n) is 18.4. The van der Waals surface area contributed by atoms with Crippen LogP contribution in [0.1, 0.15) is 10.7 Å². The van der Waals surface area contributed by atoms with Crippen LogP contribution in [-0.2, 0) is 11.0 Å². The summed E-state index contributed by atoms with van der Waals surface area (Å²) in [6.45, 7) is 0. The van der Waals surface area contributed by atoms with Crippen LogP contribution in [0.3, 0.4) is 0 Å². The summed E-state index contributed by atoms with van der Waals surface area (Å²) in [4.78, 5) is 19.4. The minimum atomic E-state index is -4.62. The number of amides is 1. The van der Waals surface area contributed by atoms with E-state index in [0.29, 0.717) is 39.0 Å². The maximum atomic E-state index is 13.4. The largest absolute Gasteiger partial charge is 0.445 e. The monoisotopic (exact) mass is 524 g/mol. The van der Waals surface area contributed by atoms with Gasteiger partial charge in [-0.15, -0.1) is 5.10 Å². The summed E-state index contributed by atoms with van der Waals surface area (Å²) in [5.41, 5.74) is 2.31. The number of anilines is 2. The van der Waals surface area contributed by atoms with E-state index in [4.69, 9.17) is 11.6 Å². The topological polar surface area (TPSA) is 50.5 Å². The van der Waals surface area contributed by atoms with E-state index in [0.717, 1.165) is 4.52 Å². The SMILES string of the molecule is O=C(/C=C/c1c(-c2ccccc2Cl)nc2sc(C(F)(F)F)nn12)N(c1ccccc1)c1ccccc1. The minimum Gasteiger partial charge on any atom is -0.278 e. The molecule has 0 unspecified atom stereocenters. The third-order valence-electron chi connectivity index (χ3n) is 5.24. The van der Waals surface area contributed by atoms with Gasteiger partial charge in [0.25, 0.3) is 5.91 Å². The first-order valence-corrected chi connectivity index (χ1v) is 11.9. The van der Waals surface area contributed by atoms with Gasteiger partial charge in [-0.2, -0.15) is 13.2 Å². The lowest BCUT2D eigenvalue weighted by Gasteiger charge is -2.21. The van der Waals surface area contributed by atoms with Gasteiger partial charge in [-0.25, -0.2) is 9.50 Å². The highest BCUT2D eigenvalue weighted by molar-refractivity contribution is 7.16. The Kier molecular flexibility index (Phi) is 6.34. The lowest BCUT2D eigenvalue weighted by molar-refractivity contribution is -0.138. The average Bonchev–Trinajstić information content (AvgIpc) is 3.43. The Hall–Kier alpha value is -3.95. The second kappa shape index (κ2) is 9.60. The zero-order chi connectivity index (χ0) is 25.3. The maximum absolute atomic E-state index is 13.4. The van der Waals surface area contributed by atoms with Crippen LogP contribution in [0.5, 0.6) is 0 Å². The molecular weight excluding hydrogens is 509 g/mol. The molecule has 0 spiro atoms. The summed E-state index contributed by atoms with van der Waals surface area (Å²) < 4.78 is 41.1. The van der Waals surface area contributed by atoms with E-state index in [-0.39, 0.29) is 10.7 Å². The molecule has 1 amide bonds. The molecule has 2 heterocycles. The van der Waals surface area contributed by atoms with Crippen LogP contribution in [0, 0.1) is 0 Å². The first-order chi connectivity index (χ1) is 17.3. The third-order valence-corrected chi connectivity index (χ3v) is 6.53. The number of hydrogen-bond donors (Lipinski definition) is 0. The molecule has 0 fully saturated rings. The first-order valence-electron chi connectivity index (χ1n) is 10.7. The van der Waals surface area contributed by atoms with Crippen LogP contribution in [0.4, 0.5) is 24.5 Å². The Morgan fingerprint density at radius 2 is 1.50 bits per heavy atom. The van der Waals surface area contributed by atoms with Crippen LogP contribution in [-0.4, -0.2) is 20.5 Å². The number of benzene rings is 3. The van der Waals surface area contributed by atoms with E-state index in [9.17, 15) is 18.0 Å². The molecule has 0 bridgehead atoms. The fraction of sp³-hybridized carbons (Fsp3) is 0.0385. The molecule has 0 saturated carbocycles. The number of hydrogen-bond acceptors (Lipinski definition) is 4. The average molecular weight is 525 g/mol. The quantitative estimate of drug-likeness (QED) is 0.224. The second-order valence-electron chi connectivity index (χ2n) is 7.60. The molecule has 0 aliphatic carbocycles. The van der Waals surface area contributed by atoms with E-state index in [1.54, 1.807) is 48.5 Å². The number of alkyl halides is 3. The van der Waals surface area contributed by atoms with Crippen molar-refractivity contribution in [2.24, 2.45) is 0 Å². The molecular formula is C26H16ClF3N4OS. The molecule has 0 radical (unpaired) electrons. The van der Waals surface area contributed by atoms with Crippen LogP contribution in [0.25, 0.3) is 22.3 Å². The van der Waals surface area contributed by atoms with Gasteiger partial charge in [-0.05, 0) is 36.4 Å². The van der Waals surface area contributed by atoms with Crippen molar-refractivity contribution in [3.05, 3.63) is 107 Å². The van der Waals surface area contributed by atoms with Crippen LogP contribution in [0.2, 0.25) is 5.02 Å². The van der Waals surface area contributed by atoms with Crippen LogP contribution in [0.15, 0.2) is 91.0 Å².